The molecule has 0 aliphatic carbocycles. The predicted octanol–water partition coefficient (Wildman–Crippen LogP) is 5.12. The van der Waals surface area contributed by atoms with E-state index in [4.69, 9.17) is 27.9 Å². The molecule has 2 aromatic carbocycles. The van der Waals surface area contributed by atoms with Crippen LogP contribution in [0.15, 0.2) is 42.5 Å². The number of carbonyl (C=O) groups is 1. The number of halogens is 2. The highest BCUT2D eigenvalue weighted by molar-refractivity contribution is 7.99. The molecular weight excluding hydrogens is 377 g/mol. The van der Waals surface area contributed by atoms with Crippen molar-refractivity contribution in [1.82, 2.24) is 5.32 Å². The van der Waals surface area contributed by atoms with Crippen LogP contribution in [0.2, 0.25) is 10.0 Å². The molecule has 134 valence electrons. The minimum atomic E-state index is -0.0616. The Labute approximate surface area is 163 Å². The predicted molar refractivity (Wildman–Crippen MR) is 107 cm³/mol. The molecule has 1 amide bonds. The van der Waals surface area contributed by atoms with Crippen LogP contribution in [0.1, 0.15) is 18.1 Å². The number of aryl methyl sites for hydroxylation is 1. The summed E-state index contributed by atoms with van der Waals surface area (Å²) in [4.78, 5) is 12.0. The summed E-state index contributed by atoms with van der Waals surface area (Å²) in [5.74, 6) is 1.82. The zero-order chi connectivity index (χ0) is 18.2. The van der Waals surface area contributed by atoms with Crippen molar-refractivity contribution < 1.29 is 9.53 Å². The molecule has 0 unspecified atom stereocenters. The van der Waals surface area contributed by atoms with Crippen LogP contribution in [0.5, 0.6) is 5.75 Å². The van der Waals surface area contributed by atoms with E-state index in [0.717, 1.165) is 11.3 Å². The molecule has 0 aliphatic rings. The topological polar surface area (TPSA) is 38.3 Å². The van der Waals surface area contributed by atoms with Crippen molar-refractivity contribution in [2.24, 2.45) is 0 Å². The monoisotopic (exact) mass is 397 g/mol. The van der Waals surface area contributed by atoms with Crippen molar-refractivity contribution in [3.8, 4) is 5.75 Å². The van der Waals surface area contributed by atoms with Crippen LogP contribution in [-0.4, -0.2) is 24.3 Å². The molecule has 1 N–H and O–H groups in total. The van der Waals surface area contributed by atoms with E-state index in [-0.39, 0.29) is 11.9 Å². The quantitative estimate of drug-likeness (QED) is 0.671. The van der Waals surface area contributed by atoms with E-state index >= 15 is 0 Å². The fourth-order valence-corrected chi connectivity index (χ4v) is 3.50. The highest BCUT2D eigenvalue weighted by atomic mass is 35.5. The lowest BCUT2D eigenvalue weighted by Gasteiger charge is -2.15. The van der Waals surface area contributed by atoms with Gasteiger partial charge in [0.05, 0.1) is 11.8 Å². The molecule has 0 spiro atoms. The molecule has 1 atom stereocenters. The molecule has 6 heteroatoms. The van der Waals surface area contributed by atoms with Crippen molar-refractivity contribution >= 4 is 40.9 Å². The Balaban J connectivity index is 1.67. The minimum absolute atomic E-state index is 0.0184. The Hall–Kier alpha value is -1.36. The lowest BCUT2D eigenvalue weighted by Crippen LogP contribution is -2.37. The number of benzene rings is 2. The maximum Gasteiger partial charge on any atom is 0.230 e. The van der Waals surface area contributed by atoms with Gasteiger partial charge in [-0.3, -0.25) is 4.79 Å². The molecule has 2 aromatic rings. The van der Waals surface area contributed by atoms with Crippen LogP contribution in [0.3, 0.4) is 0 Å². The molecule has 0 fully saturated rings. The molecule has 0 saturated heterocycles. The van der Waals surface area contributed by atoms with E-state index < -0.39 is 0 Å². The number of ether oxygens (including phenoxy) is 1. The Morgan fingerprint density at radius 3 is 2.60 bits per heavy atom. The third-order valence-electron chi connectivity index (χ3n) is 3.43. The number of rotatable bonds is 8. The second-order valence-corrected chi connectivity index (χ2v) is 7.65. The average molecular weight is 398 g/mol. The summed E-state index contributed by atoms with van der Waals surface area (Å²) in [6.45, 7) is 4.39. The van der Waals surface area contributed by atoms with E-state index in [0.29, 0.717) is 28.2 Å². The number of thioether (sulfide) groups is 1. The van der Waals surface area contributed by atoms with Gasteiger partial charge in [0.25, 0.3) is 0 Å². The van der Waals surface area contributed by atoms with Crippen molar-refractivity contribution in [1.29, 1.82) is 0 Å². The molecule has 0 radical (unpaired) electrons. The van der Waals surface area contributed by atoms with Crippen LogP contribution in [0.25, 0.3) is 0 Å². The molecular formula is C19H21Cl2NO2S. The number of carbonyl (C=O) groups excluding carboxylic acids is 1. The SMILES string of the molecule is Cc1ccc(OC[C@H](C)NC(=O)CSCc2ccc(Cl)cc2Cl)cc1. The summed E-state index contributed by atoms with van der Waals surface area (Å²) in [7, 11) is 0. The van der Waals surface area contributed by atoms with E-state index in [2.05, 4.69) is 5.32 Å². The molecule has 3 nitrogen and oxygen atoms in total. The zero-order valence-electron chi connectivity index (χ0n) is 14.2. The summed E-state index contributed by atoms with van der Waals surface area (Å²) in [6.07, 6.45) is 0. The number of hydrogen-bond donors (Lipinski definition) is 1. The van der Waals surface area contributed by atoms with E-state index in [9.17, 15) is 4.79 Å². The van der Waals surface area contributed by atoms with Gasteiger partial charge in [-0.2, -0.15) is 0 Å². The lowest BCUT2D eigenvalue weighted by molar-refractivity contribution is -0.119. The van der Waals surface area contributed by atoms with Crippen LogP contribution >= 0.6 is 35.0 Å². The Kier molecular flexibility index (Phi) is 7.94. The van der Waals surface area contributed by atoms with Gasteiger partial charge in [0.15, 0.2) is 0 Å². The van der Waals surface area contributed by atoms with Gasteiger partial charge in [-0.05, 0) is 43.7 Å². The minimum Gasteiger partial charge on any atom is -0.491 e. The van der Waals surface area contributed by atoms with Crippen molar-refractivity contribution in [3.05, 3.63) is 63.6 Å². The third-order valence-corrected chi connectivity index (χ3v) is 5.00. The van der Waals surface area contributed by atoms with Gasteiger partial charge in [-0.15, -0.1) is 11.8 Å². The fourth-order valence-electron chi connectivity index (χ4n) is 2.11. The summed E-state index contributed by atoms with van der Waals surface area (Å²) in [5.41, 5.74) is 2.16. The highest BCUT2D eigenvalue weighted by Crippen LogP contribution is 2.24. The Morgan fingerprint density at radius 1 is 1.20 bits per heavy atom. The van der Waals surface area contributed by atoms with Gasteiger partial charge in [0, 0.05) is 15.8 Å². The van der Waals surface area contributed by atoms with Gasteiger partial charge >= 0.3 is 0 Å². The Morgan fingerprint density at radius 2 is 1.92 bits per heavy atom. The fraction of sp³-hybridized carbons (Fsp3) is 0.316. The first kappa shape index (κ1) is 20.0. The van der Waals surface area contributed by atoms with Gasteiger partial charge in [-0.25, -0.2) is 0 Å². The Bertz CT molecular complexity index is 707. The standard InChI is InChI=1S/C19H21Cl2NO2S/c1-13-3-7-17(8-4-13)24-10-14(2)22-19(23)12-25-11-15-5-6-16(20)9-18(15)21/h3-9,14H,10-12H2,1-2H3,(H,22,23)/t14-/m0/s1. The normalized spacial score (nSPS) is 11.8. The summed E-state index contributed by atoms with van der Waals surface area (Å²) >= 11 is 13.5. The summed E-state index contributed by atoms with van der Waals surface area (Å²) in [6, 6.07) is 13.2. The van der Waals surface area contributed by atoms with Crippen LogP contribution < -0.4 is 10.1 Å². The summed E-state index contributed by atoms with van der Waals surface area (Å²) < 4.78 is 5.67. The first-order chi connectivity index (χ1) is 11.9. The van der Waals surface area contributed by atoms with E-state index in [1.54, 1.807) is 12.1 Å². The van der Waals surface area contributed by atoms with Crippen molar-refractivity contribution in [3.63, 3.8) is 0 Å². The lowest BCUT2D eigenvalue weighted by atomic mass is 10.2. The number of amides is 1. The number of hydrogen-bond acceptors (Lipinski definition) is 3. The molecule has 0 saturated carbocycles. The van der Waals surface area contributed by atoms with Gasteiger partial charge < -0.3 is 10.1 Å². The van der Waals surface area contributed by atoms with Crippen molar-refractivity contribution in [2.45, 2.75) is 25.6 Å². The molecule has 0 aromatic heterocycles. The second-order valence-electron chi connectivity index (χ2n) is 5.82. The first-order valence-corrected chi connectivity index (χ1v) is 9.85. The maximum atomic E-state index is 12.0. The maximum absolute atomic E-state index is 12.0. The molecule has 0 aliphatic heterocycles. The van der Waals surface area contributed by atoms with Crippen LogP contribution in [0, 0.1) is 6.92 Å². The van der Waals surface area contributed by atoms with E-state index in [1.165, 1.54) is 17.3 Å². The first-order valence-electron chi connectivity index (χ1n) is 7.94. The van der Waals surface area contributed by atoms with Gasteiger partial charge in [-0.1, -0.05) is 47.0 Å². The second kappa shape index (κ2) is 9.95. The van der Waals surface area contributed by atoms with Crippen LogP contribution in [-0.2, 0) is 10.5 Å². The number of nitrogens with one attached hydrogen (secondary N) is 1. The average Bonchev–Trinajstić information content (AvgIpc) is 2.56. The van der Waals surface area contributed by atoms with Gasteiger partial charge in [0.2, 0.25) is 5.91 Å². The molecule has 0 heterocycles. The smallest absolute Gasteiger partial charge is 0.230 e. The summed E-state index contributed by atoms with van der Waals surface area (Å²) in [5, 5.41) is 4.17. The highest BCUT2D eigenvalue weighted by Gasteiger charge is 2.09. The van der Waals surface area contributed by atoms with E-state index in [1.807, 2.05) is 44.2 Å². The van der Waals surface area contributed by atoms with Crippen LogP contribution in [0.4, 0.5) is 0 Å². The molecule has 25 heavy (non-hydrogen) atoms. The van der Waals surface area contributed by atoms with Gasteiger partial charge in [0.1, 0.15) is 12.4 Å². The van der Waals surface area contributed by atoms with Crippen molar-refractivity contribution in [2.75, 3.05) is 12.4 Å². The zero-order valence-corrected chi connectivity index (χ0v) is 16.5. The molecule has 0 bridgehead atoms. The third kappa shape index (κ3) is 7.18. The largest absolute Gasteiger partial charge is 0.491 e. The molecule has 2 rings (SSSR count).